The number of aliphatic hydroxyl groups excluding tert-OH is 1. The molecule has 0 radical (unpaired) electrons. The summed E-state index contributed by atoms with van der Waals surface area (Å²) >= 11 is 0. The van der Waals surface area contributed by atoms with Crippen LogP contribution in [0.25, 0.3) is 0 Å². The number of hydrogen-bond acceptors (Lipinski definition) is 1. The van der Waals surface area contributed by atoms with Gasteiger partial charge in [-0.25, -0.2) is 0 Å². The standard InChI is InChI=1S/C19H22O/c20-19-17(14-16-11-6-7-13-18(16)19)12-5-4-10-15-8-2-1-3-9-15/h1-3,6-9,11,13,17,19-20H,4-5,10,12,14H2. The van der Waals surface area contributed by atoms with E-state index in [1.54, 1.807) is 0 Å². The van der Waals surface area contributed by atoms with E-state index < -0.39 is 0 Å². The normalized spacial score (nSPS) is 20.9. The molecule has 1 N–H and O–H groups in total. The summed E-state index contributed by atoms with van der Waals surface area (Å²) < 4.78 is 0. The van der Waals surface area contributed by atoms with Crippen LogP contribution in [0.5, 0.6) is 0 Å². The van der Waals surface area contributed by atoms with Crippen LogP contribution in [0.15, 0.2) is 54.6 Å². The summed E-state index contributed by atoms with van der Waals surface area (Å²) in [5.74, 6) is 0.420. The second-order valence-electron chi connectivity index (χ2n) is 5.84. The van der Waals surface area contributed by atoms with E-state index in [9.17, 15) is 5.11 Å². The highest BCUT2D eigenvalue weighted by molar-refractivity contribution is 5.34. The molecule has 2 atom stereocenters. The molecule has 104 valence electrons. The Kier molecular flexibility index (Phi) is 4.17. The SMILES string of the molecule is OC1c2ccccc2CC1CCCCc1ccccc1. The third-order valence-electron chi connectivity index (χ3n) is 4.44. The van der Waals surface area contributed by atoms with Gasteiger partial charge in [0.05, 0.1) is 6.10 Å². The summed E-state index contributed by atoms with van der Waals surface area (Å²) in [6, 6.07) is 19.0. The zero-order valence-electron chi connectivity index (χ0n) is 11.8. The van der Waals surface area contributed by atoms with Crippen molar-refractivity contribution >= 4 is 0 Å². The highest BCUT2D eigenvalue weighted by atomic mass is 16.3. The fraction of sp³-hybridized carbons (Fsp3) is 0.368. The van der Waals surface area contributed by atoms with Crippen molar-refractivity contribution in [1.82, 2.24) is 0 Å². The van der Waals surface area contributed by atoms with E-state index >= 15 is 0 Å². The first kappa shape index (κ1) is 13.4. The maximum Gasteiger partial charge on any atom is 0.0824 e. The molecule has 0 saturated carbocycles. The second-order valence-corrected chi connectivity index (χ2v) is 5.84. The summed E-state index contributed by atoms with van der Waals surface area (Å²) in [6.45, 7) is 0. The molecule has 0 aromatic heterocycles. The van der Waals surface area contributed by atoms with Crippen LogP contribution < -0.4 is 0 Å². The van der Waals surface area contributed by atoms with E-state index in [0.29, 0.717) is 5.92 Å². The molecule has 0 spiro atoms. The molecule has 20 heavy (non-hydrogen) atoms. The summed E-state index contributed by atoms with van der Waals surface area (Å²) in [4.78, 5) is 0. The van der Waals surface area contributed by atoms with Crippen molar-refractivity contribution in [2.24, 2.45) is 5.92 Å². The number of fused-ring (bicyclic) bond motifs is 1. The Morgan fingerprint density at radius 2 is 1.65 bits per heavy atom. The average molecular weight is 266 g/mol. The quantitative estimate of drug-likeness (QED) is 0.800. The highest BCUT2D eigenvalue weighted by Gasteiger charge is 2.29. The van der Waals surface area contributed by atoms with Crippen molar-refractivity contribution in [3.8, 4) is 0 Å². The fourth-order valence-electron chi connectivity index (χ4n) is 3.30. The molecule has 2 aromatic rings. The van der Waals surface area contributed by atoms with Crippen molar-refractivity contribution in [2.75, 3.05) is 0 Å². The Morgan fingerprint density at radius 3 is 2.45 bits per heavy atom. The molecule has 0 amide bonds. The van der Waals surface area contributed by atoms with E-state index in [1.807, 2.05) is 6.07 Å². The number of unbranched alkanes of at least 4 members (excludes halogenated alkanes) is 1. The van der Waals surface area contributed by atoms with Gasteiger partial charge in [0.2, 0.25) is 0 Å². The third-order valence-corrected chi connectivity index (χ3v) is 4.44. The lowest BCUT2D eigenvalue weighted by Crippen LogP contribution is -2.07. The van der Waals surface area contributed by atoms with Gasteiger partial charge in [0.15, 0.2) is 0 Å². The Hall–Kier alpha value is -1.60. The number of rotatable bonds is 5. The molecule has 2 aromatic carbocycles. The molecule has 0 saturated heterocycles. The minimum atomic E-state index is -0.247. The zero-order valence-corrected chi connectivity index (χ0v) is 11.8. The molecule has 0 aliphatic heterocycles. The first-order valence-electron chi connectivity index (χ1n) is 7.64. The van der Waals surface area contributed by atoms with Gasteiger partial charge in [-0.2, -0.15) is 0 Å². The van der Waals surface area contributed by atoms with Gasteiger partial charge in [0, 0.05) is 0 Å². The monoisotopic (exact) mass is 266 g/mol. The highest BCUT2D eigenvalue weighted by Crippen LogP contribution is 2.38. The van der Waals surface area contributed by atoms with Gasteiger partial charge in [-0.15, -0.1) is 0 Å². The summed E-state index contributed by atoms with van der Waals surface area (Å²) in [5.41, 5.74) is 3.91. The van der Waals surface area contributed by atoms with Crippen molar-refractivity contribution in [2.45, 2.75) is 38.2 Å². The Balaban J connectivity index is 1.46. The van der Waals surface area contributed by atoms with Crippen LogP contribution in [0, 0.1) is 5.92 Å². The topological polar surface area (TPSA) is 20.2 Å². The largest absolute Gasteiger partial charge is 0.388 e. The van der Waals surface area contributed by atoms with Crippen molar-refractivity contribution in [3.05, 3.63) is 71.3 Å². The van der Waals surface area contributed by atoms with Crippen LogP contribution in [-0.2, 0) is 12.8 Å². The predicted molar refractivity (Wildman–Crippen MR) is 82.6 cm³/mol. The molecule has 1 aliphatic rings. The van der Waals surface area contributed by atoms with E-state index in [2.05, 4.69) is 48.5 Å². The van der Waals surface area contributed by atoms with Gasteiger partial charge in [-0.1, -0.05) is 61.0 Å². The molecule has 1 aliphatic carbocycles. The summed E-state index contributed by atoms with van der Waals surface area (Å²) in [7, 11) is 0. The first-order chi connectivity index (χ1) is 9.84. The van der Waals surface area contributed by atoms with Gasteiger partial charge in [0.25, 0.3) is 0 Å². The van der Waals surface area contributed by atoms with Gasteiger partial charge < -0.3 is 5.11 Å². The molecule has 0 heterocycles. The zero-order chi connectivity index (χ0) is 13.8. The third kappa shape index (κ3) is 2.94. The predicted octanol–water partition coefficient (Wildman–Crippen LogP) is 4.31. The second kappa shape index (κ2) is 6.23. The molecule has 0 fully saturated rings. The van der Waals surface area contributed by atoms with Crippen LogP contribution in [0.4, 0.5) is 0 Å². The molecule has 1 nitrogen and oxygen atoms in total. The number of aryl methyl sites for hydroxylation is 1. The van der Waals surface area contributed by atoms with Crippen molar-refractivity contribution in [1.29, 1.82) is 0 Å². The maximum atomic E-state index is 10.4. The maximum absolute atomic E-state index is 10.4. The van der Waals surface area contributed by atoms with Crippen LogP contribution in [0.1, 0.15) is 42.1 Å². The average Bonchev–Trinajstić information content (AvgIpc) is 2.82. The summed E-state index contributed by atoms with van der Waals surface area (Å²) in [5, 5.41) is 10.4. The van der Waals surface area contributed by atoms with Gasteiger partial charge in [-0.3, -0.25) is 0 Å². The van der Waals surface area contributed by atoms with E-state index in [0.717, 1.165) is 24.8 Å². The van der Waals surface area contributed by atoms with Crippen LogP contribution in [0.3, 0.4) is 0 Å². The molecule has 2 unspecified atom stereocenters. The molecular weight excluding hydrogens is 244 g/mol. The molecular formula is C19H22O. The number of benzene rings is 2. The first-order valence-corrected chi connectivity index (χ1v) is 7.64. The smallest absolute Gasteiger partial charge is 0.0824 e. The van der Waals surface area contributed by atoms with Crippen molar-refractivity contribution in [3.63, 3.8) is 0 Å². The number of aliphatic hydroxyl groups is 1. The van der Waals surface area contributed by atoms with Gasteiger partial charge in [0.1, 0.15) is 0 Å². The lowest BCUT2D eigenvalue weighted by molar-refractivity contribution is 0.116. The summed E-state index contributed by atoms with van der Waals surface area (Å²) in [6.07, 6.45) is 5.48. The fourth-order valence-corrected chi connectivity index (χ4v) is 3.30. The van der Waals surface area contributed by atoms with E-state index in [1.165, 1.54) is 24.0 Å². The van der Waals surface area contributed by atoms with Crippen LogP contribution in [0.2, 0.25) is 0 Å². The minimum absolute atomic E-state index is 0.247. The van der Waals surface area contributed by atoms with E-state index in [4.69, 9.17) is 0 Å². The Labute approximate surface area is 121 Å². The molecule has 3 rings (SSSR count). The Bertz CT molecular complexity index is 547. The molecule has 1 heteroatoms. The van der Waals surface area contributed by atoms with Crippen molar-refractivity contribution < 1.29 is 5.11 Å². The van der Waals surface area contributed by atoms with Crippen LogP contribution in [-0.4, -0.2) is 5.11 Å². The lowest BCUT2D eigenvalue weighted by atomic mass is 9.95. The Morgan fingerprint density at radius 1 is 0.900 bits per heavy atom. The van der Waals surface area contributed by atoms with Crippen LogP contribution >= 0.6 is 0 Å². The van der Waals surface area contributed by atoms with E-state index in [-0.39, 0.29) is 6.10 Å². The number of hydrogen-bond donors (Lipinski definition) is 1. The van der Waals surface area contributed by atoms with Gasteiger partial charge in [-0.05, 0) is 48.3 Å². The minimum Gasteiger partial charge on any atom is -0.388 e. The molecule has 0 bridgehead atoms. The van der Waals surface area contributed by atoms with Gasteiger partial charge >= 0.3 is 0 Å². The lowest BCUT2D eigenvalue weighted by Gasteiger charge is -2.14.